The summed E-state index contributed by atoms with van der Waals surface area (Å²) in [5, 5.41) is 3.82. The Balaban J connectivity index is 2.75. The average molecular weight is 438 g/mol. The Labute approximate surface area is 178 Å². The molecule has 168 valence electrons. The molecule has 1 aromatic carbocycles. The molecule has 6 nitrogen and oxygen atoms in total. The number of esters is 1. The molecular weight excluding hydrogens is 413 g/mol. The maximum atomic E-state index is 13.2. The van der Waals surface area contributed by atoms with E-state index in [1.807, 2.05) is 13.8 Å². The Morgan fingerprint density at radius 2 is 1.71 bits per heavy atom. The first-order chi connectivity index (χ1) is 14.5. The first-order valence-electron chi connectivity index (χ1n) is 9.37. The summed E-state index contributed by atoms with van der Waals surface area (Å²) in [5.74, 6) is 5.02. The first-order valence-corrected chi connectivity index (χ1v) is 9.37. The van der Waals surface area contributed by atoms with E-state index < -0.39 is 17.7 Å². The molecule has 0 fully saturated rings. The lowest BCUT2D eigenvalue weighted by molar-refractivity contribution is -0.137. The summed E-state index contributed by atoms with van der Waals surface area (Å²) in [6, 6.07) is 4.86. The molecule has 9 heteroatoms. The number of halogens is 3. The summed E-state index contributed by atoms with van der Waals surface area (Å²) in [4.78, 5) is 22.3. The Morgan fingerprint density at radius 1 is 1.10 bits per heavy atom. The fraction of sp³-hybridized carbons (Fsp3) is 0.364. The number of oxime groups is 1. The third-order valence-corrected chi connectivity index (χ3v) is 5.18. The van der Waals surface area contributed by atoms with Gasteiger partial charge in [0, 0.05) is 16.7 Å². The molecule has 1 aliphatic carbocycles. The van der Waals surface area contributed by atoms with Crippen LogP contribution in [-0.2, 0) is 25.4 Å². The topological polar surface area (TPSA) is 83.1 Å². The van der Waals surface area contributed by atoms with Gasteiger partial charge in [0.25, 0.3) is 0 Å². The summed E-state index contributed by atoms with van der Waals surface area (Å²) in [6.07, 6.45) is -3.78. The lowest BCUT2D eigenvalue weighted by atomic mass is 9.83. The summed E-state index contributed by atoms with van der Waals surface area (Å²) >= 11 is 0. The average Bonchev–Trinajstić information content (AvgIpc) is 2.73. The zero-order chi connectivity index (χ0) is 23.3. The number of alkyl halides is 3. The lowest BCUT2D eigenvalue weighted by Crippen LogP contribution is -2.23. The Hall–Kier alpha value is -3.07. The lowest BCUT2D eigenvalue weighted by Gasteiger charge is -2.25. The van der Waals surface area contributed by atoms with Gasteiger partial charge in [-0.1, -0.05) is 28.4 Å². The van der Waals surface area contributed by atoms with Gasteiger partial charge in [-0.2, -0.15) is 19.1 Å². The maximum absolute atomic E-state index is 13.2. The van der Waals surface area contributed by atoms with Crippen molar-refractivity contribution in [3.63, 3.8) is 0 Å². The SMILES string of the molecule is CON=C(C(=O)OC)C1=C(C(ON)=C(C)c2cccc(C(F)(F)F)c2)CC(C)=C(C)C1. The zero-order valence-corrected chi connectivity index (χ0v) is 18.0. The molecule has 1 aliphatic rings. The number of nitrogens with zero attached hydrogens (tertiary/aromatic N) is 1. The minimum Gasteiger partial charge on any atom is -0.464 e. The molecule has 0 saturated heterocycles. The van der Waals surface area contributed by atoms with Crippen molar-refractivity contribution < 1.29 is 32.4 Å². The minimum absolute atomic E-state index is 0.0572. The van der Waals surface area contributed by atoms with Gasteiger partial charge in [-0.3, -0.25) is 0 Å². The van der Waals surface area contributed by atoms with Gasteiger partial charge < -0.3 is 14.4 Å². The van der Waals surface area contributed by atoms with E-state index in [2.05, 4.69) is 5.16 Å². The number of benzene rings is 1. The van der Waals surface area contributed by atoms with Crippen LogP contribution in [0.5, 0.6) is 0 Å². The number of carbonyl (C=O) groups excluding carboxylic acids is 1. The predicted octanol–water partition coefficient (Wildman–Crippen LogP) is 4.93. The molecule has 0 saturated carbocycles. The molecule has 1 aromatic rings. The number of nitrogens with two attached hydrogens (primary N) is 1. The largest absolute Gasteiger partial charge is 0.464 e. The number of methoxy groups -OCH3 is 1. The highest BCUT2D eigenvalue weighted by molar-refractivity contribution is 6.43. The molecule has 0 unspecified atom stereocenters. The van der Waals surface area contributed by atoms with Crippen LogP contribution in [0.25, 0.3) is 5.57 Å². The molecule has 0 aromatic heterocycles. The van der Waals surface area contributed by atoms with Crippen molar-refractivity contribution >= 4 is 17.3 Å². The zero-order valence-electron chi connectivity index (χ0n) is 18.0. The van der Waals surface area contributed by atoms with Crippen molar-refractivity contribution in [2.24, 2.45) is 11.1 Å². The van der Waals surface area contributed by atoms with Crippen LogP contribution in [0, 0.1) is 0 Å². The quantitative estimate of drug-likeness (QED) is 0.224. The minimum atomic E-state index is -4.49. The molecular formula is C22H25F3N2O4. The standard InChI is InChI=1S/C22H25F3N2O4/c1-12-9-17(19(27-30-5)21(28)29-4)18(10-13(12)2)20(31-26)14(3)15-7-6-8-16(11-15)22(23,24)25/h6-8,11H,9-10,26H2,1-5H3. The van der Waals surface area contributed by atoms with Crippen LogP contribution >= 0.6 is 0 Å². The van der Waals surface area contributed by atoms with Gasteiger partial charge in [0.15, 0.2) is 11.5 Å². The van der Waals surface area contributed by atoms with Gasteiger partial charge in [0.1, 0.15) is 7.11 Å². The molecule has 0 radical (unpaired) electrons. The smallest absolute Gasteiger partial charge is 0.416 e. The first kappa shape index (κ1) is 24.2. The summed E-state index contributed by atoms with van der Waals surface area (Å²) in [7, 11) is 2.51. The fourth-order valence-corrected chi connectivity index (χ4v) is 3.34. The molecule has 0 amide bonds. The van der Waals surface area contributed by atoms with E-state index in [-0.39, 0.29) is 17.0 Å². The van der Waals surface area contributed by atoms with Gasteiger partial charge in [-0.15, -0.1) is 0 Å². The predicted molar refractivity (Wildman–Crippen MR) is 110 cm³/mol. The van der Waals surface area contributed by atoms with Crippen LogP contribution in [0.3, 0.4) is 0 Å². The van der Waals surface area contributed by atoms with E-state index in [0.29, 0.717) is 29.6 Å². The summed E-state index contributed by atoms with van der Waals surface area (Å²) in [5.41, 5.74) is 2.86. The van der Waals surface area contributed by atoms with Crippen molar-refractivity contribution in [3.8, 4) is 0 Å². The number of hydrogen-bond acceptors (Lipinski definition) is 6. The number of allylic oxidation sites excluding steroid dienone is 4. The Bertz CT molecular complexity index is 989. The van der Waals surface area contributed by atoms with Crippen molar-refractivity contribution in [2.75, 3.05) is 14.2 Å². The van der Waals surface area contributed by atoms with Crippen LogP contribution in [-0.4, -0.2) is 25.9 Å². The normalized spacial score (nSPS) is 16.2. The van der Waals surface area contributed by atoms with Gasteiger partial charge >= 0.3 is 12.1 Å². The van der Waals surface area contributed by atoms with E-state index in [1.165, 1.54) is 26.4 Å². The van der Waals surface area contributed by atoms with Crippen LogP contribution in [0.4, 0.5) is 13.2 Å². The van der Waals surface area contributed by atoms with E-state index in [1.54, 1.807) is 6.92 Å². The number of carbonyl (C=O) groups is 1. The summed E-state index contributed by atoms with van der Waals surface area (Å²) < 4.78 is 44.4. The molecule has 0 aliphatic heterocycles. The molecule has 0 heterocycles. The Kier molecular flexibility index (Phi) is 7.67. The van der Waals surface area contributed by atoms with Crippen LogP contribution < -0.4 is 5.90 Å². The molecule has 31 heavy (non-hydrogen) atoms. The van der Waals surface area contributed by atoms with Crippen LogP contribution in [0.1, 0.15) is 44.7 Å². The molecule has 0 spiro atoms. The molecule has 2 rings (SSSR count). The number of rotatable bonds is 6. The van der Waals surface area contributed by atoms with E-state index >= 15 is 0 Å². The van der Waals surface area contributed by atoms with E-state index in [4.69, 9.17) is 20.3 Å². The fourth-order valence-electron chi connectivity index (χ4n) is 3.34. The third kappa shape index (κ3) is 5.35. The molecule has 0 atom stereocenters. The number of ether oxygens (including phenoxy) is 1. The second-order valence-corrected chi connectivity index (χ2v) is 7.14. The van der Waals surface area contributed by atoms with Crippen LogP contribution in [0.2, 0.25) is 0 Å². The van der Waals surface area contributed by atoms with Gasteiger partial charge in [0.05, 0.1) is 12.7 Å². The highest BCUT2D eigenvalue weighted by atomic mass is 19.4. The van der Waals surface area contributed by atoms with E-state index in [9.17, 15) is 18.0 Å². The van der Waals surface area contributed by atoms with E-state index in [0.717, 1.165) is 23.3 Å². The summed E-state index contributed by atoms with van der Waals surface area (Å²) in [6.45, 7) is 5.44. The van der Waals surface area contributed by atoms with Crippen molar-refractivity contribution in [2.45, 2.75) is 39.8 Å². The maximum Gasteiger partial charge on any atom is 0.416 e. The van der Waals surface area contributed by atoms with Gasteiger partial charge in [0.2, 0.25) is 0 Å². The second kappa shape index (κ2) is 9.82. The van der Waals surface area contributed by atoms with Crippen molar-refractivity contribution in [1.29, 1.82) is 0 Å². The Morgan fingerprint density at radius 3 is 2.23 bits per heavy atom. The van der Waals surface area contributed by atoms with Crippen molar-refractivity contribution in [1.82, 2.24) is 0 Å². The third-order valence-electron chi connectivity index (χ3n) is 5.18. The highest BCUT2D eigenvalue weighted by Crippen LogP contribution is 2.38. The van der Waals surface area contributed by atoms with Crippen LogP contribution in [0.15, 0.2) is 57.5 Å². The highest BCUT2D eigenvalue weighted by Gasteiger charge is 2.32. The van der Waals surface area contributed by atoms with Crippen molar-refractivity contribution in [3.05, 3.63) is 63.4 Å². The van der Waals surface area contributed by atoms with Gasteiger partial charge in [-0.05, 0) is 51.3 Å². The molecule has 0 bridgehead atoms. The molecule has 2 N–H and O–H groups in total. The second-order valence-electron chi connectivity index (χ2n) is 7.14. The number of hydrogen-bond donors (Lipinski definition) is 1. The van der Waals surface area contributed by atoms with Gasteiger partial charge in [-0.25, -0.2) is 4.79 Å². The monoisotopic (exact) mass is 438 g/mol.